The Morgan fingerprint density at radius 1 is 1.53 bits per heavy atom. The summed E-state index contributed by atoms with van der Waals surface area (Å²) in [5, 5.41) is 8.00. The van der Waals surface area contributed by atoms with Gasteiger partial charge >= 0.3 is 0 Å². The summed E-state index contributed by atoms with van der Waals surface area (Å²) in [6.07, 6.45) is 5.34. The molecular formula is C12H19N3O3S. The highest BCUT2D eigenvalue weighted by molar-refractivity contribution is 7.89. The van der Waals surface area contributed by atoms with E-state index in [1.54, 1.807) is 4.57 Å². The van der Waals surface area contributed by atoms with Crippen LogP contribution in [0.4, 0.5) is 0 Å². The number of nitrogens with two attached hydrogens (primary N) is 1. The van der Waals surface area contributed by atoms with Crippen LogP contribution in [0.15, 0.2) is 17.2 Å². The van der Waals surface area contributed by atoms with E-state index < -0.39 is 10.0 Å². The van der Waals surface area contributed by atoms with E-state index in [-0.39, 0.29) is 16.8 Å². The molecule has 0 unspecified atom stereocenters. The smallest absolute Gasteiger partial charge is 0.268 e. The predicted octanol–water partition coefficient (Wildman–Crippen LogP) is 0.828. The molecule has 1 aromatic heterocycles. The molecule has 3 N–H and O–H groups in total. The highest BCUT2D eigenvalue weighted by atomic mass is 32.2. The van der Waals surface area contributed by atoms with Gasteiger partial charge in [-0.15, -0.1) is 0 Å². The second kappa shape index (κ2) is 5.34. The first-order valence-electron chi connectivity index (χ1n) is 6.45. The maximum absolute atomic E-state index is 12.1. The minimum Gasteiger partial charge on any atom is -0.348 e. The summed E-state index contributed by atoms with van der Waals surface area (Å²) in [6, 6.07) is 1.56. The van der Waals surface area contributed by atoms with Crippen LogP contribution in [0.3, 0.4) is 0 Å². The van der Waals surface area contributed by atoms with Crippen LogP contribution in [0.25, 0.3) is 0 Å². The largest absolute Gasteiger partial charge is 0.348 e. The van der Waals surface area contributed by atoms with Crippen molar-refractivity contribution in [3.63, 3.8) is 0 Å². The number of carbonyl (C=O) groups excluding carboxylic acids is 1. The quantitative estimate of drug-likeness (QED) is 0.839. The normalized spacial score (nSPS) is 16.1. The van der Waals surface area contributed by atoms with E-state index in [4.69, 9.17) is 5.14 Å². The zero-order chi connectivity index (χ0) is 14.0. The summed E-state index contributed by atoms with van der Waals surface area (Å²) >= 11 is 0. The highest BCUT2D eigenvalue weighted by Gasteiger charge is 2.23. The molecule has 1 aromatic rings. The van der Waals surface area contributed by atoms with Crippen molar-refractivity contribution in [2.45, 2.75) is 50.1 Å². The van der Waals surface area contributed by atoms with Gasteiger partial charge in [-0.25, -0.2) is 13.6 Å². The van der Waals surface area contributed by atoms with Crippen LogP contribution in [0.2, 0.25) is 0 Å². The van der Waals surface area contributed by atoms with Gasteiger partial charge in [-0.2, -0.15) is 0 Å². The maximum atomic E-state index is 12.1. The number of hydrogen-bond acceptors (Lipinski definition) is 3. The molecule has 0 saturated heterocycles. The average Bonchev–Trinajstić information content (AvgIpc) is 2.67. The molecule has 6 nitrogen and oxygen atoms in total. The van der Waals surface area contributed by atoms with Crippen LogP contribution < -0.4 is 10.5 Å². The zero-order valence-corrected chi connectivity index (χ0v) is 11.7. The number of primary sulfonamides is 1. The Hall–Kier alpha value is -1.34. The minimum atomic E-state index is -3.78. The van der Waals surface area contributed by atoms with Crippen molar-refractivity contribution >= 4 is 15.9 Å². The van der Waals surface area contributed by atoms with Crippen LogP contribution in [-0.4, -0.2) is 24.9 Å². The van der Waals surface area contributed by atoms with Crippen molar-refractivity contribution in [3.8, 4) is 0 Å². The molecule has 0 aromatic carbocycles. The third kappa shape index (κ3) is 3.16. The van der Waals surface area contributed by atoms with Crippen LogP contribution >= 0.6 is 0 Å². The third-order valence-corrected chi connectivity index (χ3v) is 4.22. The molecule has 1 saturated carbocycles. The Morgan fingerprint density at radius 3 is 2.68 bits per heavy atom. The second-order valence-corrected chi connectivity index (χ2v) is 6.46. The van der Waals surface area contributed by atoms with Crippen LogP contribution in [0, 0.1) is 0 Å². The van der Waals surface area contributed by atoms with E-state index in [1.165, 1.54) is 12.3 Å². The molecule has 1 amide bonds. The molecule has 0 bridgehead atoms. The van der Waals surface area contributed by atoms with Gasteiger partial charge in [0.15, 0.2) is 0 Å². The Kier molecular flexibility index (Phi) is 3.96. The lowest BCUT2D eigenvalue weighted by molar-refractivity contribution is 0.0907. The fourth-order valence-corrected chi connectivity index (χ4v) is 2.62. The standard InChI is InChI=1S/C12H19N3O3S/c1-2-6-15-8-10(19(13,17)18)7-11(15)12(16)14-9-4-3-5-9/h7-9H,2-6H2,1H3,(H,14,16)(H2,13,17,18). The Labute approximate surface area is 113 Å². The minimum absolute atomic E-state index is 0.0142. The topological polar surface area (TPSA) is 94.2 Å². The van der Waals surface area contributed by atoms with Crippen molar-refractivity contribution in [1.82, 2.24) is 9.88 Å². The van der Waals surface area contributed by atoms with Crippen molar-refractivity contribution in [1.29, 1.82) is 0 Å². The Balaban J connectivity index is 2.25. The van der Waals surface area contributed by atoms with Gasteiger partial charge in [0.2, 0.25) is 10.0 Å². The number of sulfonamides is 1. The lowest BCUT2D eigenvalue weighted by Gasteiger charge is -2.26. The van der Waals surface area contributed by atoms with Gasteiger partial charge < -0.3 is 9.88 Å². The fourth-order valence-electron chi connectivity index (χ4n) is 2.07. The van der Waals surface area contributed by atoms with Gasteiger partial charge in [0, 0.05) is 18.8 Å². The van der Waals surface area contributed by atoms with Crippen molar-refractivity contribution in [2.75, 3.05) is 0 Å². The van der Waals surface area contributed by atoms with Crippen LogP contribution in [0.5, 0.6) is 0 Å². The number of rotatable bonds is 5. The second-order valence-electron chi connectivity index (χ2n) is 4.90. The van der Waals surface area contributed by atoms with Crippen molar-refractivity contribution in [2.24, 2.45) is 5.14 Å². The molecule has 0 atom stereocenters. The number of hydrogen-bond donors (Lipinski definition) is 2. The van der Waals surface area contributed by atoms with E-state index >= 15 is 0 Å². The van der Waals surface area contributed by atoms with E-state index in [9.17, 15) is 13.2 Å². The first kappa shape index (κ1) is 14.1. The van der Waals surface area contributed by atoms with E-state index in [1.807, 2.05) is 6.92 Å². The lowest BCUT2D eigenvalue weighted by Crippen LogP contribution is -2.40. The predicted molar refractivity (Wildman–Crippen MR) is 71.2 cm³/mol. The number of aryl methyl sites for hydroxylation is 1. The lowest BCUT2D eigenvalue weighted by atomic mass is 9.93. The van der Waals surface area contributed by atoms with E-state index in [2.05, 4.69) is 5.32 Å². The van der Waals surface area contributed by atoms with Crippen LogP contribution in [-0.2, 0) is 16.6 Å². The van der Waals surface area contributed by atoms with Crippen LogP contribution in [0.1, 0.15) is 43.1 Å². The molecule has 2 rings (SSSR count). The third-order valence-electron chi connectivity index (χ3n) is 3.34. The first-order valence-corrected chi connectivity index (χ1v) is 8.00. The summed E-state index contributed by atoms with van der Waals surface area (Å²) in [6.45, 7) is 2.55. The number of amides is 1. The molecule has 1 fully saturated rings. The number of nitrogens with zero attached hydrogens (tertiary/aromatic N) is 1. The summed E-state index contributed by atoms with van der Waals surface area (Å²) in [7, 11) is -3.78. The van der Waals surface area contributed by atoms with Gasteiger partial charge in [-0.05, 0) is 31.7 Å². The highest BCUT2D eigenvalue weighted by Crippen LogP contribution is 2.20. The Bertz CT molecular complexity index is 573. The van der Waals surface area contributed by atoms with Gasteiger partial charge in [0.1, 0.15) is 10.6 Å². The van der Waals surface area contributed by atoms with Crippen molar-refractivity contribution < 1.29 is 13.2 Å². The molecule has 0 aliphatic heterocycles. The number of nitrogens with one attached hydrogen (secondary N) is 1. The van der Waals surface area contributed by atoms with Gasteiger partial charge in [0.25, 0.3) is 5.91 Å². The molecule has 19 heavy (non-hydrogen) atoms. The van der Waals surface area contributed by atoms with E-state index in [0.717, 1.165) is 25.7 Å². The fraction of sp³-hybridized carbons (Fsp3) is 0.583. The molecule has 1 aliphatic rings. The molecule has 0 spiro atoms. The number of aromatic nitrogens is 1. The molecule has 106 valence electrons. The number of carbonyl (C=O) groups is 1. The summed E-state index contributed by atoms with van der Waals surface area (Å²) in [5.41, 5.74) is 0.359. The summed E-state index contributed by atoms with van der Waals surface area (Å²) in [4.78, 5) is 12.1. The molecule has 1 aliphatic carbocycles. The van der Waals surface area contributed by atoms with E-state index in [0.29, 0.717) is 12.2 Å². The average molecular weight is 285 g/mol. The maximum Gasteiger partial charge on any atom is 0.268 e. The molecule has 7 heteroatoms. The molecule has 1 heterocycles. The molecule has 0 radical (unpaired) electrons. The van der Waals surface area contributed by atoms with Gasteiger partial charge in [0.05, 0.1) is 0 Å². The Morgan fingerprint density at radius 2 is 2.21 bits per heavy atom. The summed E-state index contributed by atoms with van der Waals surface area (Å²) in [5.74, 6) is -0.229. The first-order chi connectivity index (χ1) is 8.91. The summed E-state index contributed by atoms with van der Waals surface area (Å²) < 4.78 is 24.3. The van der Waals surface area contributed by atoms with Gasteiger partial charge in [-0.1, -0.05) is 6.92 Å². The zero-order valence-electron chi connectivity index (χ0n) is 10.9. The van der Waals surface area contributed by atoms with Gasteiger partial charge in [-0.3, -0.25) is 4.79 Å². The monoisotopic (exact) mass is 285 g/mol. The SMILES string of the molecule is CCCn1cc(S(N)(=O)=O)cc1C(=O)NC1CCC1. The van der Waals surface area contributed by atoms with Crippen molar-refractivity contribution in [3.05, 3.63) is 18.0 Å². The molecular weight excluding hydrogens is 266 g/mol.